The van der Waals surface area contributed by atoms with Gasteiger partial charge in [-0.3, -0.25) is 26.1 Å². The zero-order chi connectivity index (χ0) is 34.6. The predicted molar refractivity (Wildman–Crippen MR) is 180 cm³/mol. The van der Waals surface area contributed by atoms with Crippen molar-refractivity contribution in [2.75, 3.05) is 26.4 Å². The van der Waals surface area contributed by atoms with Crippen LogP contribution in [0.2, 0.25) is 0 Å². The van der Waals surface area contributed by atoms with Gasteiger partial charge in [0.05, 0.1) is 37.6 Å². The fourth-order valence-electron chi connectivity index (χ4n) is 4.81. The Morgan fingerprint density at radius 2 is 1.08 bits per heavy atom. The largest absolute Gasteiger partial charge is 0.493 e. The van der Waals surface area contributed by atoms with E-state index in [1.54, 1.807) is 42.5 Å². The highest BCUT2D eigenvalue weighted by Crippen LogP contribution is 2.25. The van der Waals surface area contributed by atoms with Gasteiger partial charge in [-0.05, 0) is 61.4 Å². The Kier molecular flexibility index (Phi) is 14.1. The maximum atomic E-state index is 12.2. The van der Waals surface area contributed by atoms with Crippen molar-refractivity contribution in [1.82, 2.24) is 5.06 Å². The molecule has 0 saturated heterocycles. The average molecular weight is 679 g/mol. The summed E-state index contributed by atoms with van der Waals surface area (Å²) in [5.74, 6) is 13.2. The van der Waals surface area contributed by atoms with Crippen molar-refractivity contribution in [2.24, 2.45) is 17.6 Å². The molecule has 2 amide bonds. The number of hydroxylamine groups is 2. The number of imide groups is 1. The molecule has 5 aromatic rings. The lowest BCUT2D eigenvalue weighted by atomic mass is 10.1. The van der Waals surface area contributed by atoms with Crippen molar-refractivity contribution in [1.29, 1.82) is 0 Å². The summed E-state index contributed by atoms with van der Waals surface area (Å²) in [6, 6.07) is 20.2. The van der Waals surface area contributed by atoms with E-state index in [2.05, 4.69) is 16.5 Å². The highest BCUT2D eigenvalue weighted by atomic mass is 16.7. The fraction of sp³-hybridized carbons (Fsp3) is 0.235. The molecule has 0 atom stereocenters. The summed E-state index contributed by atoms with van der Waals surface area (Å²) in [6.45, 7) is 5.12. The van der Waals surface area contributed by atoms with Crippen LogP contribution in [0.5, 0.6) is 11.5 Å². The highest BCUT2D eigenvalue weighted by molar-refractivity contribution is 6.20. The highest BCUT2D eigenvalue weighted by Gasteiger charge is 2.36. The molecular weight excluding hydrogens is 640 g/mol. The number of hydrazine groups is 1. The molecule has 1 aliphatic rings. The first-order chi connectivity index (χ1) is 23.2. The third-order valence-electron chi connectivity index (χ3n) is 7.06. The van der Waals surface area contributed by atoms with Crippen LogP contribution in [0.15, 0.2) is 91.2 Å². The van der Waals surface area contributed by atoms with Crippen molar-refractivity contribution in [2.45, 2.75) is 26.7 Å². The number of fused-ring (bicyclic) bond motifs is 3. The summed E-state index contributed by atoms with van der Waals surface area (Å²) in [7, 11) is 0. The smallest absolute Gasteiger partial charge is 0.336 e. The van der Waals surface area contributed by atoms with Crippen LogP contribution in [0.25, 0.3) is 21.9 Å². The van der Waals surface area contributed by atoms with Gasteiger partial charge in [-0.2, -0.15) is 0 Å². The Hall–Kier alpha value is -5.42. The molecule has 15 nitrogen and oxygen atoms in total. The lowest BCUT2D eigenvalue weighted by Gasteiger charge is -2.13. The van der Waals surface area contributed by atoms with Crippen LogP contribution < -0.4 is 38.3 Å². The van der Waals surface area contributed by atoms with E-state index >= 15 is 0 Å². The minimum atomic E-state index is -0.457. The fourth-order valence-corrected chi connectivity index (χ4v) is 4.81. The van der Waals surface area contributed by atoms with Crippen LogP contribution in [0, 0.1) is 13.8 Å². The number of aryl methyl sites for hydroxylation is 2. The summed E-state index contributed by atoms with van der Waals surface area (Å²) in [6.07, 6.45) is 1.16. The number of ether oxygens (including phenoxy) is 2. The first-order valence-electron chi connectivity index (χ1n) is 14.9. The first kappa shape index (κ1) is 38.0. The SMILES string of the molecule is Cc1cc(=O)oc2cc(OCCCON)ccc12.Cc1cc(=O)oc2cc(OCCCON3C(=O)c4ccccc4C3=O)ccc12.NN.O. The van der Waals surface area contributed by atoms with E-state index in [0.29, 0.717) is 66.5 Å². The van der Waals surface area contributed by atoms with Crippen molar-refractivity contribution in [3.05, 3.63) is 116 Å². The number of carbonyl (C=O) groups is 2. The first-order valence-corrected chi connectivity index (χ1v) is 14.9. The molecule has 0 bridgehead atoms. The number of benzene rings is 3. The minimum Gasteiger partial charge on any atom is -0.493 e. The Balaban J connectivity index is 0.000000269. The van der Waals surface area contributed by atoms with E-state index in [0.717, 1.165) is 27.0 Å². The van der Waals surface area contributed by atoms with Gasteiger partial charge >= 0.3 is 11.3 Å². The summed E-state index contributed by atoms with van der Waals surface area (Å²) in [5.41, 5.74) is 2.66. The topological polar surface area (TPSA) is 244 Å². The standard InChI is InChI=1S/C21H17NO6.C13H15NO4.H4N2.H2O/c1-13-11-19(23)28-18-12-14(7-8-15(13)18)26-9-4-10-27-22-20(24)16-5-2-3-6-17(16)21(22)25;1-9-7-13(15)18-12-8-10(3-4-11(9)12)16-5-2-6-17-14;1-2;/h2-3,5-8,11-12H,4,9-10H2,1H3;3-4,7-8H,2,5-6,14H2,1H3;1-2H2;1H2. The lowest BCUT2D eigenvalue weighted by Crippen LogP contribution is -2.30. The molecule has 260 valence electrons. The number of rotatable bonds is 11. The number of hydrogen-bond acceptors (Lipinski definition) is 13. The molecule has 0 fully saturated rings. The maximum absolute atomic E-state index is 12.2. The number of nitrogens with two attached hydrogens (primary N) is 3. The van der Waals surface area contributed by atoms with Gasteiger partial charge in [0.1, 0.15) is 22.7 Å². The lowest BCUT2D eigenvalue weighted by molar-refractivity contribution is -0.0935. The molecule has 3 heterocycles. The van der Waals surface area contributed by atoms with Crippen LogP contribution >= 0.6 is 0 Å². The van der Waals surface area contributed by atoms with E-state index in [4.69, 9.17) is 29.0 Å². The summed E-state index contributed by atoms with van der Waals surface area (Å²) < 4.78 is 21.5. The molecule has 0 spiro atoms. The summed E-state index contributed by atoms with van der Waals surface area (Å²) >= 11 is 0. The van der Waals surface area contributed by atoms with Gasteiger partial charge in [-0.1, -0.05) is 12.1 Å². The number of carbonyl (C=O) groups excluding carboxylic acids is 2. The molecular formula is C34H38N4O11. The van der Waals surface area contributed by atoms with Gasteiger partial charge in [-0.25, -0.2) is 15.5 Å². The van der Waals surface area contributed by atoms with Crippen LogP contribution in [-0.2, 0) is 9.68 Å². The normalized spacial score (nSPS) is 11.7. The van der Waals surface area contributed by atoms with Gasteiger partial charge in [0, 0.05) is 47.9 Å². The molecule has 49 heavy (non-hydrogen) atoms. The van der Waals surface area contributed by atoms with E-state index in [9.17, 15) is 19.2 Å². The van der Waals surface area contributed by atoms with Crippen molar-refractivity contribution in [3.63, 3.8) is 0 Å². The number of nitrogens with zero attached hydrogens (tertiary/aromatic N) is 1. The predicted octanol–water partition coefficient (Wildman–Crippen LogP) is 2.85. The maximum Gasteiger partial charge on any atom is 0.336 e. The molecule has 0 aliphatic carbocycles. The molecule has 6 rings (SSSR count). The molecule has 0 saturated carbocycles. The number of hydrogen-bond donors (Lipinski definition) is 3. The Morgan fingerprint density at radius 1 is 0.633 bits per heavy atom. The molecule has 15 heteroatoms. The van der Waals surface area contributed by atoms with Crippen molar-refractivity contribution >= 4 is 33.8 Å². The molecule has 0 unspecified atom stereocenters. The molecule has 8 N–H and O–H groups in total. The number of amides is 2. The zero-order valence-electron chi connectivity index (χ0n) is 26.9. The molecule has 3 aromatic carbocycles. The average Bonchev–Trinajstić information content (AvgIpc) is 3.32. The summed E-state index contributed by atoms with van der Waals surface area (Å²) in [4.78, 5) is 56.9. The van der Waals surface area contributed by atoms with E-state index in [1.807, 2.05) is 32.0 Å². The second-order valence-corrected chi connectivity index (χ2v) is 10.4. The Labute approximate surface area is 279 Å². The van der Waals surface area contributed by atoms with Gasteiger partial charge in [0.25, 0.3) is 11.8 Å². The minimum absolute atomic E-state index is 0. The van der Waals surface area contributed by atoms with E-state index in [-0.39, 0.29) is 17.7 Å². The van der Waals surface area contributed by atoms with Crippen LogP contribution in [0.3, 0.4) is 0 Å². The molecule has 0 radical (unpaired) electrons. The third-order valence-corrected chi connectivity index (χ3v) is 7.06. The van der Waals surface area contributed by atoms with Crippen LogP contribution in [0.1, 0.15) is 44.7 Å². The van der Waals surface area contributed by atoms with Crippen LogP contribution in [-0.4, -0.2) is 48.8 Å². The quantitative estimate of drug-likeness (QED) is 0.0599. The summed E-state index contributed by atoms with van der Waals surface area (Å²) in [5, 5.41) is 2.55. The van der Waals surface area contributed by atoms with E-state index < -0.39 is 17.4 Å². The van der Waals surface area contributed by atoms with Crippen LogP contribution in [0.4, 0.5) is 0 Å². The third kappa shape index (κ3) is 9.57. The Morgan fingerprint density at radius 3 is 1.53 bits per heavy atom. The van der Waals surface area contributed by atoms with Crippen molar-refractivity contribution < 1.29 is 43.0 Å². The monoisotopic (exact) mass is 678 g/mol. The van der Waals surface area contributed by atoms with Gasteiger partial charge in [0.15, 0.2) is 0 Å². The molecule has 1 aliphatic heterocycles. The second kappa shape index (κ2) is 18.2. The Bertz CT molecular complexity index is 1970. The van der Waals surface area contributed by atoms with Gasteiger partial charge in [0.2, 0.25) is 0 Å². The van der Waals surface area contributed by atoms with Gasteiger partial charge < -0.3 is 28.6 Å². The van der Waals surface area contributed by atoms with Crippen molar-refractivity contribution in [3.8, 4) is 11.5 Å². The second-order valence-electron chi connectivity index (χ2n) is 10.4. The van der Waals surface area contributed by atoms with E-state index in [1.165, 1.54) is 12.1 Å². The molecule has 2 aromatic heterocycles. The van der Waals surface area contributed by atoms with Gasteiger partial charge in [-0.15, -0.1) is 5.06 Å². The zero-order valence-corrected chi connectivity index (χ0v) is 26.9.